The number of β-lactam (4-membered cyclic amide) rings is 1. The lowest BCUT2D eigenvalue weighted by atomic mass is 9.98. The van der Waals surface area contributed by atoms with E-state index < -0.39 is 65.1 Å². The zero-order chi connectivity index (χ0) is 34.5. The van der Waals surface area contributed by atoms with E-state index in [2.05, 4.69) is 15.5 Å². The number of anilines is 1. The number of amides is 2. The van der Waals surface area contributed by atoms with Crippen LogP contribution in [-0.4, -0.2) is 81.9 Å². The number of nitrogens with one attached hydrogen (secondary N) is 1. The summed E-state index contributed by atoms with van der Waals surface area (Å²) in [5, 5.41) is 16.2. The minimum absolute atomic E-state index is 0.00345. The maximum atomic E-state index is 13.5. The van der Waals surface area contributed by atoms with Gasteiger partial charge in [0.15, 0.2) is 10.8 Å². The third-order valence-corrected chi connectivity index (χ3v) is 8.49. The molecular formula is C29H31N7O9S2. The highest BCUT2D eigenvalue weighted by atomic mass is 32.2. The molecular weight excluding hydrogens is 654 g/mol. The Morgan fingerprint density at radius 3 is 2.64 bits per heavy atom. The number of benzene rings is 1. The van der Waals surface area contributed by atoms with Crippen LogP contribution in [0.1, 0.15) is 39.0 Å². The molecule has 4 rings (SSSR count). The first kappa shape index (κ1) is 34.9. The average Bonchev–Trinajstić information content (AvgIpc) is 3.46. The van der Waals surface area contributed by atoms with E-state index in [1.54, 1.807) is 39.0 Å². The van der Waals surface area contributed by atoms with Crippen molar-refractivity contribution >= 4 is 63.7 Å². The number of carbonyl (C=O) groups excluding carboxylic acids is 5. The number of aromatic nitrogens is 1. The molecule has 0 bridgehead atoms. The van der Waals surface area contributed by atoms with Crippen molar-refractivity contribution in [2.45, 2.75) is 45.2 Å². The van der Waals surface area contributed by atoms with E-state index in [0.717, 1.165) is 16.2 Å². The third kappa shape index (κ3) is 8.24. The number of fused-ring (bicyclic) bond motifs is 1. The van der Waals surface area contributed by atoms with E-state index in [9.17, 15) is 29.2 Å². The molecule has 2 aromatic rings. The predicted molar refractivity (Wildman–Crippen MR) is 168 cm³/mol. The maximum Gasteiger partial charge on any atom is 0.358 e. The van der Waals surface area contributed by atoms with Crippen LogP contribution in [0.4, 0.5) is 5.13 Å². The van der Waals surface area contributed by atoms with Crippen molar-refractivity contribution < 1.29 is 43.0 Å². The number of nitrogens with zero attached hydrogens (tertiary/aromatic N) is 4. The zero-order valence-corrected chi connectivity index (χ0v) is 27.3. The fourth-order valence-electron chi connectivity index (χ4n) is 4.01. The second-order valence-corrected chi connectivity index (χ2v) is 13.2. The van der Waals surface area contributed by atoms with Crippen LogP contribution in [-0.2, 0) is 38.3 Å². The summed E-state index contributed by atoms with van der Waals surface area (Å²) < 4.78 is 16.1. The molecule has 3 heterocycles. The van der Waals surface area contributed by atoms with Crippen molar-refractivity contribution in [3.05, 3.63) is 52.2 Å². The van der Waals surface area contributed by atoms with Crippen LogP contribution in [0.3, 0.4) is 0 Å². The van der Waals surface area contributed by atoms with Gasteiger partial charge in [0.05, 0.1) is 17.0 Å². The number of oxime groups is 1. The summed E-state index contributed by atoms with van der Waals surface area (Å²) in [5.74, 6) is -3.50. The molecule has 3 atom stereocenters. The lowest BCUT2D eigenvalue weighted by Crippen LogP contribution is -2.71. The molecule has 0 spiro atoms. The first-order valence-electron chi connectivity index (χ1n) is 13.9. The minimum Gasteiger partial charge on any atom is -0.489 e. The highest BCUT2D eigenvalue weighted by Gasteiger charge is 2.55. The molecule has 0 saturated carbocycles. The van der Waals surface area contributed by atoms with Crippen LogP contribution >= 0.6 is 23.1 Å². The molecule has 0 aliphatic carbocycles. The number of nitrogens with two attached hydrogens (primary N) is 2. The van der Waals surface area contributed by atoms with E-state index in [-0.39, 0.29) is 28.9 Å². The van der Waals surface area contributed by atoms with Gasteiger partial charge < -0.3 is 35.8 Å². The van der Waals surface area contributed by atoms with Crippen molar-refractivity contribution in [3.63, 3.8) is 0 Å². The predicted octanol–water partition coefficient (Wildman–Crippen LogP) is 1.01. The van der Waals surface area contributed by atoms with Crippen LogP contribution in [0.15, 0.2) is 46.1 Å². The lowest BCUT2D eigenvalue weighted by molar-refractivity contribution is -0.173. The monoisotopic (exact) mass is 685 g/mol. The topological polar surface area (TPSA) is 239 Å². The van der Waals surface area contributed by atoms with Gasteiger partial charge in [-0.05, 0) is 45.9 Å². The van der Waals surface area contributed by atoms with Crippen LogP contribution in [0, 0.1) is 16.7 Å². The number of ether oxygens (including phenoxy) is 3. The van der Waals surface area contributed by atoms with Crippen molar-refractivity contribution in [1.82, 2.24) is 15.2 Å². The largest absolute Gasteiger partial charge is 0.489 e. The second-order valence-electron chi connectivity index (χ2n) is 11.2. The van der Waals surface area contributed by atoms with Crippen LogP contribution < -0.4 is 21.5 Å². The molecule has 16 nitrogen and oxygen atoms in total. The number of esters is 2. The number of carbonyl (C=O) groups is 5. The molecule has 2 amide bonds. The Morgan fingerprint density at radius 1 is 1.26 bits per heavy atom. The van der Waals surface area contributed by atoms with Crippen molar-refractivity contribution in [1.29, 1.82) is 5.26 Å². The van der Waals surface area contributed by atoms with E-state index >= 15 is 0 Å². The van der Waals surface area contributed by atoms with Crippen LogP contribution in [0.25, 0.3) is 0 Å². The fourth-order valence-corrected chi connectivity index (χ4v) is 5.89. The fraction of sp³-hybridized carbons (Fsp3) is 0.379. The minimum atomic E-state index is -1.13. The summed E-state index contributed by atoms with van der Waals surface area (Å²) in [6.07, 6.45) is 0. The van der Waals surface area contributed by atoms with Gasteiger partial charge in [-0.3, -0.25) is 19.3 Å². The number of thiazole rings is 1. The molecule has 1 saturated heterocycles. The van der Waals surface area contributed by atoms with Crippen LogP contribution in [0.2, 0.25) is 0 Å². The molecule has 1 aromatic carbocycles. The molecule has 5 N–H and O–H groups in total. The summed E-state index contributed by atoms with van der Waals surface area (Å²) in [7, 11) is 0. The lowest BCUT2D eigenvalue weighted by Gasteiger charge is -2.49. The Bertz CT molecular complexity index is 1690. The first-order valence-corrected chi connectivity index (χ1v) is 15.8. The van der Waals surface area contributed by atoms with Gasteiger partial charge in [-0.1, -0.05) is 11.2 Å². The van der Waals surface area contributed by atoms with Gasteiger partial charge in [-0.2, -0.15) is 5.26 Å². The highest BCUT2D eigenvalue weighted by Crippen LogP contribution is 2.41. The van der Waals surface area contributed by atoms with Crippen molar-refractivity contribution in [2.75, 3.05) is 24.9 Å². The molecule has 18 heteroatoms. The molecule has 0 radical (unpaired) electrons. The van der Waals surface area contributed by atoms with E-state index in [1.165, 1.54) is 30.1 Å². The van der Waals surface area contributed by atoms with Gasteiger partial charge in [0.2, 0.25) is 6.79 Å². The van der Waals surface area contributed by atoms with Gasteiger partial charge >= 0.3 is 17.9 Å². The van der Waals surface area contributed by atoms with Gasteiger partial charge in [0, 0.05) is 16.7 Å². The Kier molecular flexibility index (Phi) is 10.8. The summed E-state index contributed by atoms with van der Waals surface area (Å²) >= 11 is 2.25. The molecule has 1 aromatic heterocycles. The maximum absolute atomic E-state index is 13.5. The normalized spacial score (nSPS) is 18.3. The first-order chi connectivity index (χ1) is 22.2. The Labute approximate surface area is 277 Å². The van der Waals surface area contributed by atoms with E-state index in [0.29, 0.717) is 16.9 Å². The number of thioether (sulfide) groups is 1. The second kappa shape index (κ2) is 14.6. The SMILES string of the molecule is CC(N)C(=O)ON=C(C(=O)NC1C(=O)N2C(C(=O)OCOC(=O)C(C)(C)C)=C(COc3cccc(C#N)c3)CS[C@@H]12)c1csc(N)n1. The quantitative estimate of drug-likeness (QED) is 0.0748. The summed E-state index contributed by atoms with van der Waals surface area (Å²) in [5.41, 5.74) is 10.5. The molecule has 248 valence electrons. The Balaban J connectivity index is 1.55. The van der Waals surface area contributed by atoms with Crippen molar-refractivity contribution in [3.8, 4) is 11.8 Å². The molecule has 1 fully saturated rings. The van der Waals surface area contributed by atoms with Gasteiger partial charge in [-0.15, -0.1) is 23.1 Å². The molecule has 47 heavy (non-hydrogen) atoms. The molecule has 2 aliphatic heterocycles. The Morgan fingerprint density at radius 2 is 2.00 bits per heavy atom. The van der Waals surface area contributed by atoms with Gasteiger partial charge in [0.25, 0.3) is 11.8 Å². The third-order valence-electron chi connectivity index (χ3n) is 6.47. The number of hydrogen-bond donors (Lipinski definition) is 3. The standard InChI is InChI=1S/C29H31N7O9S2/c1-14(31)25(39)45-35-19(18-12-47-28(32)33-18)22(37)34-20-23(38)36-21(26(40)43-13-44-27(41)29(2,3)4)16(11-46-24(20)36)10-42-17-7-5-6-15(8-17)9-30/h5-8,12,14,20,24H,10-11,13,31H2,1-4H3,(H2,32,33)(H,34,37)/t14?,20?,24-/m0/s1. The van der Waals surface area contributed by atoms with E-state index in [1.807, 2.05) is 6.07 Å². The Hall–Kier alpha value is -4.99. The van der Waals surface area contributed by atoms with E-state index in [4.69, 9.17) is 30.5 Å². The molecule has 2 unspecified atom stereocenters. The highest BCUT2D eigenvalue weighted by molar-refractivity contribution is 8.00. The number of nitrogen functional groups attached to an aromatic ring is 1. The number of nitriles is 1. The van der Waals surface area contributed by atoms with Crippen molar-refractivity contribution in [2.24, 2.45) is 16.3 Å². The number of rotatable bonds is 11. The summed E-state index contributed by atoms with van der Waals surface area (Å²) in [4.78, 5) is 74.2. The van der Waals surface area contributed by atoms with Crippen LogP contribution in [0.5, 0.6) is 5.75 Å². The summed E-state index contributed by atoms with van der Waals surface area (Å²) in [6, 6.07) is 6.24. The average molecular weight is 686 g/mol. The number of hydrogen-bond acceptors (Lipinski definition) is 16. The zero-order valence-electron chi connectivity index (χ0n) is 25.7. The molecule has 2 aliphatic rings. The summed E-state index contributed by atoms with van der Waals surface area (Å²) in [6.45, 7) is 5.42. The smallest absolute Gasteiger partial charge is 0.358 e. The van der Waals surface area contributed by atoms with Gasteiger partial charge in [0.1, 0.15) is 41.2 Å². The van der Waals surface area contributed by atoms with Gasteiger partial charge in [-0.25, -0.2) is 14.6 Å².